The SMILES string of the molecule is Cc1n[nH]c(=O)c2c(NC(=O)CN[C@@H](c3ccc(F)cc3)C(C)C)oc(C)c12. The number of hydrogen-bond donors (Lipinski definition) is 3. The minimum atomic E-state index is -0.424. The number of hydrogen-bond acceptors (Lipinski definition) is 5. The first-order valence-electron chi connectivity index (χ1n) is 9.05. The molecule has 0 aliphatic carbocycles. The molecule has 2 heterocycles. The zero-order valence-electron chi connectivity index (χ0n) is 16.2. The zero-order valence-corrected chi connectivity index (χ0v) is 16.2. The van der Waals surface area contributed by atoms with E-state index in [1.54, 1.807) is 26.0 Å². The van der Waals surface area contributed by atoms with Gasteiger partial charge < -0.3 is 9.73 Å². The van der Waals surface area contributed by atoms with Crippen molar-refractivity contribution in [3.05, 3.63) is 57.5 Å². The van der Waals surface area contributed by atoms with E-state index in [0.717, 1.165) is 5.56 Å². The Balaban J connectivity index is 1.75. The number of aryl methyl sites for hydroxylation is 2. The second-order valence-electron chi connectivity index (χ2n) is 7.08. The molecule has 8 heteroatoms. The Labute approximate surface area is 161 Å². The Bertz CT molecular complexity index is 1050. The van der Waals surface area contributed by atoms with Crippen molar-refractivity contribution in [1.82, 2.24) is 15.5 Å². The molecule has 148 valence electrons. The van der Waals surface area contributed by atoms with Gasteiger partial charge in [-0.3, -0.25) is 14.9 Å². The first-order chi connectivity index (χ1) is 13.3. The topological polar surface area (TPSA) is 100 Å². The summed E-state index contributed by atoms with van der Waals surface area (Å²) in [6.07, 6.45) is 0. The normalized spacial score (nSPS) is 12.5. The summed E-state index contributed by atoms with van der Waals surface area (Å²) < 4.78 is 18.8. The monoisotopic (exact) mass is 386 g/mol. The molecule has 28 heavy (non-hydrogen) atoms. The number of rotatable bonds is 6. The number of furan rings is 1. The molecule has 1 aromatic carbocycles. The maximum atomic E-state index is 13.2. The van der Waals surface area contributed by atoms with Crippen molar-refractivity contribution in [2.75, 3.05) is 11.9 Å². The van der Waals surface area contributed by atoms with Gasteiger partial charge in [-0.15, -0.1) is 0 Å². The lowest BCUT2D eigenvalue weighted by atomic mass is 9.96. The van der Waals surface area contributed by atoms with Gasteiger partial charge in [-0.25, -0.2) is 9.49 Å². The Kier molecular flexibility index (Phi) is 5.60. The molecular weight excluding hydrogens is 363 g/mol. The number of fused-ring (bicyclic) bond motifs is 1. The van der Waals surface area contributed by atoms with Crippen molar-refractivity contribution in [3.63, 3.8) is 0 Å². The maximum absolute atomic E-state index is 13.2. The van der Waals surface area contributed by atoms with Crippen molar-refractivity contribution >= 4 is 22.6 Å². The molecule has 2 aromatic heterocycles. The summed E-state index contributed by atoms with van der Waals surface area (Å²) in [6.45, 7) is 7.50. The smallest absolute Gasteiger partial charge is 0.277 e. The highest BCUT2D eigenvalue weighted by Gasteiger charge is 2.20. The molecule has 0 aliphatic heterocycles. The number of H-pyrrole nitrogens is 1. The minimum absolute atomic E-state index is 0.00341. The van der Waals surface area contributed by atoms with E-state index in [9.17, 15) is 14.0 Å². The number of aromatic nitrogens is 2. The number of halogens is 1. The second kappa shape index (κ2) is 7.93. The lowest BCUT2D eigenvalue weighted by molar-refractivity contribution is -0.115. The highest BCUT2D eigenvalue weighted by atomic mass is 19.1. The van der Waals surface area contributed by atoms with Crippen molar-refractivity contribution in [2.24, 2.45) is 5.92 Å². The van der Waals surface area contributed by atoms with Crippen molar-refractivity contribution < 1.29 is 13.6 Å². The maximum Gasteiger partial charge on any atom is 0.277 e. The van der Waals surface area contributed by atoms with Gasteiger partial charge in [0.2, 0.25) is 11.8 Å². The number of benzene rings is 1. The molecule has 3 N–H and O–H groups in total. The van der Waals surface area contributed by atoms with Crippen molar-refractivity contribution in [1.29, 1.82) is 0 Å². The second-order valence-corrected chi connectivity index (χ2v) is 7.08. The molecule has 7 nitrogen and oxygen atoms in total. The number of carbonyl (C=O) groups excluding carboxylic acids is 1. The summed E-state index contributed by atoms with van der Waals surface area (Å²) in [6, 6.07) is 6.06. The van der Waals surface area contributed by atoms with E-state index in [1.807, 2.05) is 13.8 Å². The number of nitrogens with one attached hydrogen (secondary N) is 3. The largest absolute Gasteiger partial charge is 0.444 e. The number of aromatic amines is 1. The van der Waals surface area contributed by atoms with Gasteiger partial charge in [0.05, 0.1) is 17.6 Å². The van der Waals surface area contributed by atoms with Gasteiger partial charge in [0.25, 0.3) is 5.56 Å². The fourth-order valence-electron chi connectivity index (χ4n) is 3.31. The predicted octanol–water partition coefficient (Wildman–Crippen LogP) is 3.20. The van der Waals surface area contributed by atoms with Crippen LogP contribution in [0.3, 0.4) is 0 Å². The van der Waals surface area contributed by atoms with Crippen molar-refractivity contribution in [3.8, 4) is 0 Å². The standard InChI is InChI=1S/C20H23FN4O3/c1-10(2)18(13-5-7-14(21)8-6-13)22-9-15(26)23-20-17-16(12(4)28-20)11(3)24-25-19(17)27/h5-8,10,18,22H,9H2,1-4H3,(H,23,26)(H,25,27)/t18-/m1/s1. The van der Waals surface area contributed by atoms with E-state index >= 15 is 0 Å². The van der Waals surface area contributed by atoms with E-state index in [2.05, 4.69) is 20.8 Å². The van der Waals surface area contributed by atoms with Crippen LogP contribution in [0.25, 0.3) is 10.8 Å². The summed E-state index contributed by atoms with van der Waals surface area (Å²) in [7, 11) is 0. The summed E-state index contributed by atoms with van der Waals surface area (Å²) in [5.41, 5.74) is 1.08. The van der Waals surface area contributed by atoms with E-state index in [4.69, 9.17) is 4.42 Å². The molecule has 0 bridgehead atoms. The third-order valence-corrected chi connectivity index (χ3v) is 4.63. The number of anilines is 1. The number of carbonyl (C=O) groups is 1. The van der Waals surface area contributed by atoms with Gasteiger partial charge >= 0.3 is 0 Å². The van der Waals surface area contributed by atoms with Crippen LogP contribution in [0.4, 0.5) is 10.3 Å². The van der Waals surface area contributed by atoms with Crippen LogP contribution < -0.4 is 16.2 Å². The molecule has 0 fully saturated rings. The van der Waals surface area contributed by atoms with E-state index in [0.29, 0.717) is 16.8 Å². The highest BCUT2D eigenvalue weighted by molar-refractivity contribution is 6.01. The van der Waals surface area contributed by atoms with E-state index in [1.165, 1.54) is 12.1 Å². The molecule has 0 spiro atoms. The van der Waals surface area contributed by atoms with Crippen LogP contribution in [0.5, 0.6) is 0 Å². The summed E-state index contributed by atoms with van der Waals surface area (Å²) >= 11 is 0. The van der Waals surface area contributed by atoms with E-state index in [-0.39, 0.29) is 41.5 Å². The first-order valence-corrected chi connectivity index (χ1v) is 9.05. The predicted molar refractivity (Wildman–Crippen MR) is 105 cm³/mol. The quantitative estimate of drug-likeness (QED) is 0.604. The van der Waals surface area contributed by atoms with Gasteiger partial charge in [-0.2, -0.15) is 5.10 Å². The van der Waals surface area contributed by atoms with Gasteiger partial charge in [0, 0.05) is 6.04 Å². The third-order valence-electron chi connectivity index (χ3n) is 4.63. The van der Waals surface area contributed by atoms with Gasteiger partial charge in [0.15, 0.2) is 0 Å². The Morgan fingerprint density at radius 3 is 2.54 bits per heavy atom. The lowest BCUT2D eigenvalue weighted by Gasteiger charge is -2.22. The van der Waals surface area contributed by atoms with Gasteiger partial charge in [0.1, 0.15) is 17.0 Å². The fourth-order valence-corrected chi connectivity index (χ4v) is 3.31. The molecule has 0 radical (unpaired) electrons. The average molecular weight is 386 g/mol. The number of amides is 1. The Morgan fingerprint density at radius 1 is 1.21 bits per heavy atom. The highest BCUT2D eigenvalue weighted by Crippen LogP contribution is 2.28. The molecule has 0 unspecified atom stereocenters. The average Bonchev–Trinajstić information content (AvgIpc) is 2.97. The zero-order chi connectivity index (χ0) is 20.4. The minimum Gasteiger partial charge on any atom is -0.444 e. The van der Waals surface area contributed by atoms with Crippen LogP contribution in [-0.2, 0) is 4.79 Å². The molecule has 1 atom stereocenters. The van der Waals surface area contributed by atoms with Crippen LogP contribution in [0.15, 0.2) is 33.5 Å². The Morgan fingerprint density at radius 2 is 1.89 bits per heavy atom. The van der Waals surface area contributed by atoms with Gasteiger partial charge in [-0.1, -0.05) is 26.0 Å². The van der Waals surface area contributed by atoms with Gasteiger partial charge in [-0.05, 0) is 37.5 Å². The van der Waals surface area contributed by atoms with Crippen LogP contribution in [0, 0.1) is 25.6 Å². The molecule has 3 rings (SSSR count). The van der Waals surface area contributed by atoms with Crippen LogP contribution in [0.1, 0.15) is 36.9 Å². The Hall–Kier alpha value is -3.00. The summed E-state index contributed by atoms with van der Waals surface area (Å²) in [4.78, 5) is 24.6. The van der Waals surface area contributed by atoms with Crippen LogP contribution in [0.2, 0.25) is 0 Å². The molecule has 0 saturated heterocycles. The fraction of sp³-hybridized carbons (Fsp3) is 0.350. The van der Waals surface area contributed by atoms with Crippen LogP contribution in [-0.4, -0.2) is 22.6 Å². The molecule has 0 saturated carbocycles. The van der Waals surface area contributed by atoms with Crippen molar-refractivity contribution in [2.45, 2.75) is 33.7 Å². The number of nitrogens with zero attached hydrogens (tertiary/aromatic N) is 1. The van der Waals surface area contributed by atoms with Crippen LogP contribution >= 0.6 is 0 Å². The lowest BCUT2D eigenvalue weighted by Crippen LogP contribution is -2.33. The molecule has 1 amide bonds. The third kappa shape index (κ3) is 3.96. The molecule has 3 aromatic rings. The summed E-state index contributed by atoms with van der Waals surface area (Å²) in [5.74, 6) is 0.146. The summed E-state index contributed by atoms with van der Waals surface area (Å²) in [5, 5.41) is 13.0. The first kappa shape index (κ1) is 19.8. The van der Waals surface area contributed by atoms with E-state index < -0.39 is 5.56 Å². The molecular formula is C20H23FN4O3. The molecule has 0 aliphatic rings.